The van der Waals surface area contributed by atoms with Crippen LogP contribution in [0.2, 0.25) is 0 Å². The third-order valence-corrected chi connectivity index (χ3v) is 13.2. The molecule has 0 fully saturated rings. The average molecular weight is 977 g/mol. The first kappa shape index (κ1) is 38.1. The molecule has 8 rings (SSSR count). The Kier molecular flexibility index (Phi) is 13.4. The highest BCUT2D eigenvalue weighted by atomic mass is 14.9. The molecule has 0 bridgehead atoms. The minimum Gasteiger partial charge on any atom is -0.201 e. The van der Waals surface area contributed by atoms with Crippen LogP contribution in [0.4, 0.5) is 0 Å². The fourth-order valence-electron chi connectivity index (χ4n) is 9.05. The zero-order valence-electron chi connectivity index (χ0n) is 60.7. The normalized spacial score (nSPS) is 16.5. The van der Waals surface area contributed by atoms with Crippen LogP contribution in [0, 0.1) is 55.2 Å². The summed E-state index contributed by atoms with van der Waals surface area (Å²) in [5.74, 6) is -4.07. The molecule has 0 aliphatic heterocycles. The smallest absolute Gasteiger partial charge is 0.201 e. The first-order chi connectivity index (χ1) is 39.8. The standard InChI is InChI=1S/4C17H22N/c2*1-12(2)16-10-17(18(5)11-14(16)4)15-9-7-6-8-13(15)3;2*1-12(2)16-11-18(5)17(10-14(16)4)15-9-7-6-8-13(15)3/h4*6-12H,1-5H3/q4*+1/i1D3,4D3,12D;4D3,12D;1D3,12D;. The monoisotopic (exact) mass is 976 g/mol. The van der Waals surface area contributed by atoms with Crippen molar-refractivity contribution in [1.82, 2.24) is 0 Å². The van der Waals surface area contributed by atoms with Crippen molar-refractivity contribution in [1.29, 1.82) is 0 Å². The summed E-state index contributed by atoms with van der Waals surface area (Å²) in [5.41, 5.74) is 17.7. The molecular formula is C68H88N4+4. The molecule has 0 spiro atoms. The van der Waals surface area contributed by atoms with E-state index in [0.29, 0.717) is 22.7 Å². The number of aryl methyl sites for hydroxylation is 12. The van der Waals surface area contributed by atoms with Gasteiger partial charge in [-0.15, -0.1) is 0 Å². The number of benzene rings is 4. The van der Waals surface area contributed by atoms with Gasteiger partial charge < -0.3 is 0 Å². The second-order valence-electron chi connectivity index (χ2n) is 19.6. The van der Waals surface area contributed by atoms with Gasteiger partial charge in [-0.3, -0.25) is 0 Å². The summed E-state index contributed by atoms with van der Waals surface area (Å²) in [5, 5.41) is 0. The lowest BCUT2D eigenvalue weighted by Crippen LogP contribution is -2.32. The highest BCUT2D eigenvalue weighted by Crippen LogP contribution is 2.29. The molecule has 72 heavy (non-hydrogen) atoms. The van der Waals surface area contributed by atoms with Crippen LogP contribution in [-0.4, -0.2) is 0 Å². The maximum absolute atomic E-state index is 8.40. The quantitative estimate of drug-likeness (QED) is 0.135. The van der Waals surface area contributed by atoms with E-state index in [9.17, 15) is 0 Å². The molecule has 0 amide bonds. The molecule has 0 N–H and O–H groups in total. The average Bonchev–Trinajstić information content (AvgIpc) is 0.829. The molecule has 4 heterocycles. The Morgan fingerprint density at radius 1 is 0.333 bits per heavy atom. The van der Waals surface area contributed by atoms with E-state index in [-0.39, 0.29) is 16.7 Å². The third-order valence-electron chi connectivity index (χ3n) is 13.2. The Hall–Kier alpha value is -6.52. The molecule has 0 aliphatic carbocycles. The lowest BCUT2D eigenvalue weighted by molar-refractivity contribution is -0.661. The van der Waals surface area contributed by atoms with Crippen molar-refractivity contribution in [2.24, 2.45) is 28.2 Å². The zero-order valence-corrected chi connectivity index (χ0v) is 45.7. The Bertz CT molecular complexity index is 3730. The predicted octanol–water partition coefficient (Wildman–Crippen LogP) is 15.7. The maximum Gasteiger partial charge on any atom is 0.212 e. The van der Waals surface area contributed by atoms with Gasteiger partial charge in [0.2, 0.25) is 22.8 Å². The van der Waals surface area contributed by atoms with Crippen LogP contribution in [0.15, 0.2) is 146 Å². The number of nitrogens with zero attached hydrogens (tertiary/aromatic N) is 4. The molecule has 4 heteroatoms. The molecular weight excluding hydrogens is 873 g/mol. The molecule has 0 saturated heterocycles. The van der Waals surface area contributed by atoms with E-state index in [1.807, 2.05) is 123 Å². The van der Waals surface area contributed by atoms with Gasteiger partial charge >= 0.3 is 0 Å². The molecule has 376 valence electrons. The topological polar surface area (TPSA) is 15.5 Å². The van der Waals surface area contributed by atoms with Crippen molar-refractivity contribution in [3.8, 4) is 45.0 Å². The highest BCUT2D eigenvalue weighted by Gasteiger charge is 2.20. The van der Waals surface area contributed by atoms with Crippen LogP contribution < -0.4 is 18.3 Å². The Labute approximate surface area is 457 Å². The van der Waals surface area contributed by atoms with Gasteiger partial charge in [0.15, 0.2) is 24.8 Å². The molecule has 8 aromatic rings. The van der Waals surface area contributed by atoms with Crippen molar-refractivity contribution >= 4 is 0 Å². The maximum atomic E-state index is 8.40. The van der Waals surface area contributed by atoms with E-state index in [1.54, 1.807) is 37.9 Å². The third kappa shape index (κ3) is 13.9. The zero-order chi connectivity index (χ0) is 65.9. The number of hydrogen-bond donors (Lipinski definition) is 0. The van der Waals surface area contributed by atoms with Crippen molar-refractivity contribution in [3.05, 3.63) is 213 Å². The van der Waals surface area contributed by atoms with Crippen LogP contribution in [0.3, 0.4) is 0 Å². The molecule has 0 radical (unpaired) electrons. The number of pyridine rings is 4. The lowest BCUT2D eigenvalue weighted by atomic mass is 9.96. The fraction of sp³-hybridized carbons (Fsp3) is 0.353. The molecule has 4 aromatic heterocycles. The molecule has 0 saturated carbocycles. The molecule has 4 aromatic carbocycles. The Balaban J connectivity index is 0.000000213. The second-order valence-corrected chi connectivity index (χ2v) is 19.6. The van der Waals surface area contributed by atoms with E-state index in [0.717, 1.165) is 50.3 Å². The lowest BCUT2D eigenvalue weighted by Gasteiger charge is -2.11. The van der Waals surface area contributed by atoms with Gasteiger partial charge in [-0.1, -0.05) is 128 Å². The van der Waals surface area contributed by atoms with E-state index < -0.39 is 45.1 Å². The Morgan fingerprint density at radius 2 is 0.625 bits per heavy atom. The summed E-state index contributed by atoms with van der Waals surface area (Å²) in [6.07, 6.45) is 7.10. The molecule has 2 unspecified atom stereocenters. The van der Waals surface area contributed by atoms with Crippen LogP contribution in [0.1, 0.15) is 166 Å². The van der Waals surface area contributed by atoms with Crippen LogP contribution in [0.5, 0.6) is 0 Å². The molecule has 2 atom stereocenters. The summed E-state index contributed by atoms with van der Waals surface area (Å²) >= 11 is 0. The van der Waals surface area contributed by atoms with Gasteiger partial charge in [0.1, 0.15) is 28.2 Å². The summed E-state index contributed by atoms with van der Waals surface area (Å²) in [7, 11) is 7.59. The second kappa shape index (κ2) is 25.2. The van der Waals surface area contributed by atoms with E-state index in [2.05, 4.69) is 88.8 Å². The van der Waals surface area contributed by atoms with Crippen LogP contribution in [-0.2, 0) is 28.2 Å². The molecule has 4 nitrogen and oxygen atoms in total. The first-order valence-corrected chi connectivity index (χ1v) is 24.7. The number of rotatable bonds is 8. The first-order valence-electron chi connectivity index (χ1n) is 32.2. The molecule has 0 aliphatic rings. The SMILES string of the molecule is Cc1ccccc1-c1cc(C)c(C(C)C)c[n+]1C.[2H]C([2H])([2H])C([2H])(C)c1c[n+](C)c(-c2ccccc2C)cc1C.[2H]C([2H])([2H])c1c[n+](C)c(-c2ccccc2C)cc1C([2H])(C)C.[2H]C([2H])([2H])c1c[n+](C)c(-c2ccccc2C)cc1C([2H])(C)C([2H])([2H])[2H]. The van der Waals surface area contributed by atoms with Crippen LogP contribution >= 0.6 is 0 Å². The summed E-state index contributed by atoms with van der Waals surface area (Å²) in [6, 6.07) is 39.8. The number of aromatic nitrogens is 4. The fourth-order valence-corrected chi connectivity index (χ4v) is 9.05. The van der Waals surface area contributed by atoms with E-state index in [4.69, 9.17) is 20.6 Å². The van der Waals surface area contributed by atoms with Gasteiger partial charge in [-0.25, -0.2) is 18.3 Å². The largest absolute Gasteiger partial charge is 0.212 e. The predicted molar refractivity (Wildman–Crippen MR) is 306 cm³/mol. The summed E-state index contributed by atoms with van der Waals surface area (Å²) in [4.78, 5) is 0. The van der Waals surface area contributed by atoms with Gasteiger partial charge in [0.25, 0.3) is 0 Å². The van der Waals surface area contributed by atoms with Gasteiger partial charge in [-0.05, 0) is 148 Å². The Morgan fingerprint density at radius 3 is 0.944 bits per heavy atom. The van der Waals surface area contributed by atoms with Crippen molar-refractivity contribution in [3.63, 3.8) is 0 Å². The number of hydrogen-bond acceptors (Lipinski definition) is 0. The highest BCUT2D eigenvalue weighted by molar-refractivity contribution is 5.64. The van der Waals surface area contributed by atoms with Crippen molar-refractivity contribution < 1.29 is 38.8 Å². The van der Waals surface area contributed by atoms with Crippen molar-refractivity contribution in [2.75, 3.05) is 0 Å². The summed E-state index contributed by atoms with van der Waals surface area (Å²) < 4.78 is 125. The van der Waals surface area contributed by atoms with Gasteiger partial charge in [-0.2, -0.15) is 0 Å². The van der Waals surface area contributed by atoms with Gasteiger partial charge in [0, 0.05) is 89.3 Å². The minimum absolute atomic E-state index is 0.00357. The van der Waals surface area contributed by atoms with E-state index in [1.165, 1.54) is 54.1 Å². The van der Waals surface area contributed by atoms with Crippen LogP contribution in [0.25, 0.3) is 45.0 Å². The van der Waals surface area contributed by atoms with Crippen molar-refractivity contribution in [2.45, 2.75) is 134 Å². The summed E-state index contributed by atoms with van der Waals surface area (Å²) in [6.45, 7) is 13.1. The van der Waals surface area contributed by atoms with Gasteiger partial charge in [0.05, 0.1) is 0 Å². The van der Waals surface area contributed by atoms with E-state index >= 15 is 0 Å². The minimum atomic E-state index is -2.66.